The molecular formula is C12H18ClNO2. The first-order valence-electron chi connectivity index (χ1n) is 5.36. The lowest BCUT2D eigenvalue weighted by Crippen LogP contribution is -2.20. The summed E-state index contributed by atoms with van der Waals surface area (Å²) in [5.41, 5.74) is 0.945. The molecule has 0 aromatic heterocycles. The first-order valence-corrected chi connectivity index (χ1v) is 5.90. The van der Waals surface area contributed by atoms with Crippen LogP contribution >= 0.6 is 11.6 Å². The van der Waals surface area contributed by atoms with Gasteiger partial charge in [-0.3, -0.25) is 0 Å². The van der Waals surface area contributed by atoms with E-state index in [4.69, 9.17) is 16.3 Å². The Labute approximate surface area is 101 Å². The van der Waals surface area contributed by atoms with Crippen LogP contribution in [0.2, 0.25) is 0 Å². The Morgan fingerprint density at radius 1 is 1.31 bits per heavy atom. The van der Waals surface area contributed by atoms with Crippen LogP contribution in [0.15, 0.2) is 24.3 Å². The van der Waals surface area contributed by atoms with Crippen molar-refractivity contribution in [2.45, 2.75) is 26.1 Å². The Kier molecular flexibility index (Phi) is 5.43. The van der Waals surface area contributed by atoms with Gasteiger partial charge in [0.25, 0.3) is 0 Å². The summed E-state index contributed by atoms with van der Waals surface area (Å²) >= 11 is 5.49. The molecule has 0 aliphatic carbocycles. The van der Waals surface area contributed by atoms with E-state index in [2.05, 4.69) is 5.32 Å². The highest BCUT2D eigenvalue weighted by Crippen LogP contribution is 2.16. The van der Waals surface area contributed by atoms with Crippen molar-refractivity contribution in [1.29, 1.82) is 0 Å². The average Bonchev–Trinajstić information content (AvgIpc) is 2.27. The predicted molar refractivity (Wildman–Crippen MR) is 67.4 cm³/mol. The van der Waals surface area contributed by atoms with E-state index in [1.165, 1.54) is 0 Å². The molecule has 0 fully saturated rings. The number of halogens is 1. The summed E-state index contributed by atoms with van der Waals surface area (Å²) in [4.78, 5) is 0. The molecule has 90 valence electrons. The van der Waals surface area contributed by atoms with Gasteiger partial charge in [0.05, 0.1) is 18.1 Å². The lowest BCUT2D eigenvalue weighted by atomic mass is 10.3. The maximum absolute atomic E-state index is 9.27. The molecule has 16 heavy (non-hydrogen) atoms. The molecular weight excluding hydrogens is 226 g/mol. The van der Waals surface area contributed by atoms with Gasteiger partial charge in [0, 0.05) is 12.2 Å². The van der Waals surface area contributed by atoms with E-state index in [-0.39, 0.29) is 12.0 Å². The van der Waals surface area contributed by atoms with Gasteiger partial charge < -0.3 is 15.2 Å². The van der Waals surface area contributed by atoms with Crippen molar-refractivity contribution in [3.63, 3.8) is 0 Å². The van der Waals surface area contributed by atoms with Crippen LogP contribution in [0.4, 0.5) is 5.69 Å². The van der Waals surface area contributed by atoms with Gasteiger partial charge in [-0.15, -0.1) is 11.6 Å². The second kappa shape index (κ2) is 6.61. The summed E-state index contributed by atoms with van der Waals surface area (Å²) in [6.07, 6.45) is -0.342. The fourth-order valence-corrected chi connectivity index (χ4v) is 1.32. The van der Waals surface area contributed by atoms with Gasteiger partial charge in [0.15, 0.2) is 0 Å². The number of hydrogen-bond donors (Lipinski definition) is 2. The Hall–Kier alpha value is -0.930. The minimum atomic E-state index is -0.520. The Balaban J connectivity index is 2.45. The van der Waals surface area contributed by atoms with Gasteiger partial charge in [0.1, 0.15) is 5.75 Å². The lowest BCUT2D eigenvalue weighted by Gasteiger charge is -2.12. The van der Waals surface area contributed by atoms with Crippen molar-refractivity contribution < 1.29 is 9.84 Å². The first kappa shape index (κ1) is 13.1. The van der Waals surface area contributed by atoms with Crippen LogP contribution in [-0.2, 0) is 0 Å². The number of alkyl halides is 1. The minimum absolute atomic E-state index is 0.178. The first-order chi connectivity index (χ1) is 7.61. The molecule has 1 unspecified atom stereocenters. The number of hydrogen-bond acceptors (Lipinski definition) is 3. The van der Waals surface area contributed by atoms with Gasteiger partial charge >= 0.3 is 0 Å². The van der Waals surface area contributed by atoms with E-state index >= 15 is 0 Å². The molecule has 1 aromatic rings. The van der Waals surface area contributed by atoms with Crippen LogP contribution in [0.3, 0.4) is 0 Å². The SMILES string of the molecule is CC(C)Oc1ccc(NCC(O)CCl)cc1. The molecule has 0 radical (unpaired) electrons. The molecule has 0 aliphatic rings. The monoisotopic (exact) mass is 243 g/mol. The van der Waals surface area contributed by atoms with Crippen LogP contribution in [0.1, 0.15) is 13.8 Å². The predicted octanol–water partition coefficient (Wildman–Crippen LogP) is 2.49. The third kappa shape index (κ3) is 4.73. The lowest BCUT2D eigenvalue weighted by molar-refractivity contribution is 0.211. The maximum atomic E-state index is 9.27. The van der Waals surface area contributed by atoms with Crippen LogP contribution < -0.4 is 10.1 Å². The van der Waals surface area contributed by atoms with Crippen LogP contribution in [0.5, 0.6) is 5.75 Å². The Morgan fingerprint density at radius 2 is 1.94 bits per heavy atom. The molecule has 0 amide bonds. The maximum Gasteiger partial charge on any atom is 0.119 e. The molecule has 0 saturated carbocycles. The average molecular weight is 244 g/mol. The molecule has 0 aliphatic heterocycles. The number of rotatable bonds is 6. The van der Waals surface area contributed by atoms with Crippen molar-refractivity contribution in [3.8, 4) is 5.75 Å². The zero-order valence-electron chi connectivity index (χ0n) is 9.61. The highest BCUT2D eigenvalue weighted by atomic mass is 35.5. The summed E-state index contributed by atoms with van der Waals surface area (Å²) in [6, 6.07) is 7.63. The molecule has 2 N–H and O–H groups in total. The van der Waals surface area contributed by atoms with Gasteiger partial charge in [0.2, 0.25) is 0 Å². The highest BCUT2D eigenvalue weighted by molar-refractivity contribution is 6.18. The summed E-state index contributed by atoms with van der Waals surface area (Å²) in [7, 11) is 0. The molecule has 1 atom stereocenters. The van der Waals surface area contributed by atoms with E-state index in [1.807, 2.05) is 38.1 Å². The molecule has 1 rings (SSSR count). The van der Waals surface area contributed by atoms with Crippen molar-refractivity contribution in [3.05, 3.63) is 24.3 Å². The topological polar surface area (TPSA) is 41.5 Å². The standard InChI is InChI=1S/C12H18ClNO2/c1-9(2)16-12-5-3-10(4-6-12)14-8-11(15)7-13/h3-6,9,11,14-15H,7-8H2,1-2H3. The van der Waals surface area contributed by atoms with Crippen molar-refractivity contribution in [1.82, 2.24) is 0 Å². The third-order valence-electron chi connectivity index (χ3n) is 1.95. The Bertz CT molecular complexity index is 300. The zero-order chi connectivity index (χ0) is 12.0. The molecule has 4 heteroatoms. The van der Waals surface area contributed by atoms with Crippen LogP contribution in [0.25, 0.3) is 0 Å². The van der Waals surface area contributed by atoms with Crippen molar-refractivity contribution >= 4 is 17.3 Å². The second-order valence-corrected chi connectivity index (χ2v) is 4.19. The third-order valence-corrected chi connectivity index (χ3v) is 2.30. The number of aliphatic hydroxyl groups excluding tert-OH is 1. The molecule has 3 nitrogen and oxygen atoms in total. The number of aliphatic hydroxyl groups is 1. The van der Waals surface area contributed by atoms with Gasteiger partial charge in [-0.05, 0) is 38.1 Å². The van der Waals surface area contributed by atoms with Gasteiger partial charge in [-0.2, -0.15) is 0 Å². The van der Waals surface area contributed by atoms with E-state index in [0.717, 1.165) is 11.4 Å². The van der Waals surface area contributed by atoms with Gasteiger partial charge in [-0.1, -0.05) is 0 Å². The fraction of sp³-hybridized carbons (Fsp3) is 0.500. The van der Waals surface area contributed by atoms with E-state index in [0.29, 0.717) is 6.54 Å². The summed E-state index contributed by atoms with van der Waals surface area (Å²) in [5.74, 6) is 1.08. The van der Waals surface area contributed by atoms with Crippen LogP contribution in [0, 0.1) is 0 Å². The van der Waals surface area contributed by atoms with E-state index < -0.39 is 6.10 Å². The minimum Gasteiger partial charge on any atom is -0.491 e. The smallest absolute Gasteiger partial charge is 0.119 e. The Morgan fingerprint density at radius 3 is 2.44 bits per heavy atom. The van der Waals surface area contributed by atoms with Gasteiger partial charge in [-0.25, -0.2) is 0 Å². The van der Waals surface area contributed by atoms with Crippen molar-refractivity contribution in [2.75, 3.05) is 17.7 Å². The summed E-state index contributed by atoms with van der Waals surface area (Å²) in [5, 5.41) is 12.4. The molecule has 0 heterocycles. The summed E-state index contributed by atoms with van der Waals surface area (Å²) in [6.45, 7) is 4.43. The molecule has 0 spiro atoms. The fourth-order valence-electron chi connectivity index (χ4n) is 1.21. The molecule has 0 bridgehead atoms. The van der Waals surface area contributed by atoms with Crippen LogP contribution in [-0.4, -0.2) is 29.7 Å². The number of nitrogens with one attached hydrogen (secondary N) is 1. The normalized spacial score (nSPS) is 12.6. The van der Waals surface area contributed by atoms with E-state index in [9.17, 15) is 5.11 Å². The zero-order valence-corrected chi connectivity index (χ0v) is 10.4. The highest BCUT2D eigenvalue weighted by Gasteiger charge is 2.02. The van der Waals surface area contributed by atoms with E-state index in [1.54, 1.807) is 0 Å². The van der Waals surface area contributed by atoms with Crippen molar-refractivity contribution in [2.24, 2.45) is 0 Å². The largest absolute Gasteiger partial charge is 0.491 e. The quantitative estimate of drug-likeness (QED) is 0.755. The summed E-state index contributed by atoms with van der Waals surface area (Å²) < 4.78 is 5.52. The molecule has 0 saturated heterocycles. The second-order valence-electron chi connectivity index (χ2n) is 3.88. The molecule has 1 aromatic carbocycles. The number of anilines is 1. The number of ether oxygens (including phenoxy) is 1. The number of benzene rings is 1.